The van der Waals surface area contributed by atoms with Crippen molar-refractivity contribution in [2.45, 2.75) is 6.61 Å². The number of hydrogen-bond acceptors (Lipinski definition) is 5. The van der Waals surface area contributed by atoms with Crippen molar-refractivity contribution in [3.8, 4) is 5.75 Å². The molecule has 2 N–H and O–H groups in total. The monoisotopic (exact) mass is 396 g/mol. The number of para-hydroxylation sites is 1. The van der Waals surface area contributed by atoms with Crippen molar-refractivity contribution in [2.24, 2.45) is 0 Å². The van der Waals surface area contributed by atoms with Crippen molar-refractivity contribution in [2.75, 3.05) is 10.6 Å². The minimum absolute atomic E-state index is 0.271. The Kier molecular flexibility index (Phi) is 5.96. The van der Waals surface area contributed by atoms with Crippen molar-refractivity contribution < 1.29 is 9.53 Å². The normalized spacial score (nSPS) is 10.3. The van der Waals surface area contributed by atoms with Gasteiger partial charge in [0.2, 0.25) is 5.95 Å². The molecule has 0 radical (unpaired) electrons. The number of amides is 1. The molecule has 1 aromatic heterocycles. The van der Waals surface area contributed by atoms with Crippen LogP contribution in [0.4, 0.5) is 17.3 Å². The van der Waals surface area contributed by atoms with Crippen LogP contribution in [0.1, 0.15) is 16.1 Å². The van der Waals surface area contributed by atoms with Crippen LogP contribution in [0.25, 0.3) is 0 Å². The molecule has 1 heterocycles. The van der Waals surface area contributed by atoms with E-state index in [1.165, 1.54) is 0 Å². The molecule has 4 aromatic rings. The molecule has 0 fully saturated rings. The first-order chi connectivity index (χ1) is 14.8. The lowest BCUT2D eigenvalue weighted by Crippen LogP contribution is -2.14. The molecule has 148 valence electrons. The second kappa shape index (κ2) is 9.34. The predicted molar refractivity (Wildman–Crippen MR) is 117 cm³/mol. The zero-order valence-corrected chi connectivity index (χ0v) is 16.2. The first kappa shape index (κ1) is 19.1. The fraction of sp³-hybridized carbons (Fsp3) is 0.0417. The van der Waals surface area contributed by atoms with E-state index >= 15 is 0 Å². The minimum atomic E-state index is -0.313. The summed E-state index contributed by atoms with van der Waals surface area (Å²) in [6.07, 6.45) is 1.55. The van der Waals surface area contributed by atoms with Crippen LogP contribution in [-0.2, 0) is 6.61 Å². The Labute approximate surface area is 174 Å². The maximum Gasteiger partial charge on any atom is 0.274 e. The number of hydrogen-bond donors (Lipinski definition) is 2. The smallest absolute Gasteiger partial charge is 0.274 e. The van der Waals surface area contributed by atoms with Crippen molar-refractivity contribution in [1.29, 1.82) is 0 Å². The highest BCUT2D eigenvalue weighted by atomic mass is 16.5. The molecule has 6 nitrogen and oxygen atoms in total. The van der Waals surface area contributed by atoms with Crippen LogP contribution < -0.4 is 15.4 Å². The van der Waals surface area contributed by atoms with Crippen molar-refractivity contribution in [1.82, 2.24) is 9.97 Å². The molecule has 0 saturated carbocycles. The SMILES string of the molecule is O=C(Nc1ccc(OCc2ccccc2)cc1)c1ccnc(Nc2ccccc2)n1. The molecule has 3 aromatic carbocycles. The Bertz CT molecular complexity index is 1100. The molecule has 30 heavy (non-hydrogen) atoms. The molecule has 1 amide bonds. The minimum Gasteiger partial charge on any atom is -0.489 e. The number of nitrogens with one attached hydrogen (secondary N) is 2. The zero-order chi connectivity index (χ0) is 20.6. The topological polar surface area (TPSA) is 76.1 Å². The van der Waals surface area contributed by atoms with Gasteiger partial charge in [0, 0.05) is 17.6 Å². The number of aromatic nitrogens is 2. The van der Waals surface area contributed by atoms with Gasteiger partial charge in [0.25, 0.3) is 5.91 Å². The largest absolute Gasteiger partial charge is 0.489 e. The zero-order valence-electron chi connectivity index (χ0n) is 16.2. The van der Waals surface area contributed by atoms with Crippen molar-refractivity contribution in [3.63, 3.8) is 0 Å². The van der Waals surface area contributed by atoms with E-state index in [1.807, 2.05) is 72.8 Å². The van der Waals surface area contributed by atoms with Crippen LogP contribution in [0.3, 0.4) is 0 Å². The van der Waals surface area contributed by atoms with E-state index in [4.69, 9.17) is 4.74 Å². The molecule has 6 heteroatoms. The number of ether oxygens (including phenoxy) is 1. The molecule has 4 rings (SSSR count). The van der Waals surface area contributed by atoms with Gasteiger partial charge in [-0.15, -0.1) is 0 Å². The standard InChI is InChI=1S/C24H20N4O2/c29-23(22-15-16-25-24(28-22)27-19-9-5-2-6-10-19)26-20-11-13-21(14-12-20)30-17-18-7-3-1-4-8-18/h1-16H,17H2,(H,26,29)(H,25,27,28). The third-order valence-electron chi connectivity index (χ3n) is 4.28. The highest BCUT2D eigenvalue weighted by Crippen LogP contribution is 2.18. The van der Waals surface area contributed by atoms with Crippen LogP contribution in [0.2, 0.25) is 0 Å². The van der Waals surface area contributed by atoms with Gasteiger partial charge in [0.1, 0.15) is 18.1 Å². The van der Waals surface area contributed by atoms with Gasteiger partial charge >= 0.3 is 0 Å². The maximum absolute atomic E-state index is 12.6. The second-order valence-corrected chi connectivity index (χ2v) is 6.51. The van der Waals surface area contributed by atoms with E-state index in [0.717, 1.165) is 17.0 Å². The summed E-state index contributed by atoms with van der Waals surface area (Å²) in [6.45, 7) is 0.491. The van der Waals surface area contributed by atoms with Crippen molar-refractivity contribution in [3.05, 3.63) is 108 Å². The number of nitrogens with zero attached hydrogens (tertiary/aromatic N) is 2. The van der Waals surface area contributed by atoms with Crippen LogP contribution >= 0.6 is 0 Å². The average molecular weight is 396 g/mol. The van der Waals surface area contributed by atoms with Gasteiger partial charge in [-0.2, -0.15) is 0 Å². The van der Waals surface area contributed by atoms with E-state index in [0.29, 0.717) is 18.2 Å². The maximum atomic E-state index is 12.6. The molecule has 0 saturated heterocycles. The summed E-state index contributed by atoms with van der Waals surface area (Å²) in [6, 6.07) is 28.3. The number of rotatable bonds is 7. The summed E-state index contributed by atoms with van der Waals surface area (Å²) in [5.74, 6) is 0.776. The third-order valence-corrected chi connectivity index (χ3v) is 4.28. The summed E-state index contributed by atoms with van der Waals surface area (Å²) in [4.78, 5) is 21.0. The molecule has 0 bridgehead atoms. The van der Waals surface area contributed by atoms with Crippen LogP contribution in [0.15, 0.2) is 97.2 Å². The van der Waals surface area contributed by atoms with Gasteiger partial charge in [-0.3, -0.25) is 4.79 Å². The summed E-state index contributed by atoms with van der Waals surface area (Å²) in [5.41, 5.74) is 2.87. The Balaban J connectivity index is 1.36. The quantitative estimate of drug-likeness (QED) is 0.457. The molecule has 0 unspecified atom stereocenters. The molecule has 0 atom stereocenters. The Morgan fingerprint density at radius 2 is 1.50 bits per heavy atom. The van der Waals surface area contributed by atoms with Gasteiger partial charge in [-0.25, -0.2) is 9.97 Å². The van der Waals surface area contributed by atoms with Crippen molar-refractivity contribution >= 4 is 23.2 Å². The molecular formula is C24H20N4O2. The van der Waals surface area contributed by atoms with E-state index in [-0.39, 0.29) is 11.6 Å². The van der Waals surface area contributed by atoms with E-state index < -0.39 is 0 Å². The summed E-state index contributed by atoms with van der Waals surface area (Å²) in [7, 11) is 0. The Hall–Kier alpha value is -4.19. The highest BCUT2D eigenvalue weighted by Gasteiger charge is 2.10. The lowest BCUT2D eigenvalue weighted by atomic mass is 10.2. The summed E-state index contributed by atoms with van der Waals surface area (Å²) < 4.78 is 5.77. The van der Waals surface area contributed by atoms with Crippen LogP contribution in [0, 0.1) is 0 Å². The predicted octanol–water partition coefficient (Wildman–Crippen LogP) is 5.05. The van der Waals surface area contributed by atoms with Gasteiger partial charge in [0.15, 0.2) is 0 Å². The lowest BCUT2D eigenvalue weighted by molar-refractivity contribution is 0.102. The highest BCUT2D eigenvalue weighted by molar-refractivity contribution is 6.03. The summed E-state index contributed by atoms with van der Waals surface area (Å²) in [5, 5.41) is 5.92. The number of benzene rings is 3. The second-order valence-electron chi connectivity index (χ2n) is 6.51. The Morgan fingerprint density at radius 1 is 0.800 bits per heavy atom. The number of anilines is 3. The van der Waals surface area contributed by atoms with Gasteiger partial charge in [0.05, 0.1) is 0 Å². The summed E-state index contributed by atoms with van der Waals surface area (Å²) >= 11 is 0. The van der Waals surface area contributed by atoms with E-state index in [9.17, 15) is 4.79 Å². The fourth-order valence-electron chi connectivity index (χ4n) is 2.77. The van der Waals surface area contributed by atoms with Crippen LogP contribution in [-0.4, -0.2) is 15.9 Å². The lowest BCUT2D eigenvalue weighted by Gasteiger charge is -2.09. The number of carbonyl (C=O) groups excluding carboxylic acids is 1. The van der Waals surface area contributed by atoms with Crippen LogP contribution in [0.5, 0.6) is 5.75 Å². The fourth-order valence-corrected chi connectivity index (χ4v) is 2.77. The van der Waals surface area contributed by atoms with Gasteiger partial charge < -0.3 is 15.4 Å². The molecule has 0 aliphatic rings. The Morgan fingerprint density at radius 3 is 2.23 bits per heavy atom. The third kappa shape index (κ3) is 5.20. The first-order valence-corrected chi connectivity index (χ1v) is 9.49. The average Bonchev–Trinajstić information content (AvgIpc) is 2.80. The molecule has 0 spiro atoms. The van der Waals surface area contributed by atoms with Gasteiger partial charge in [-0.05, 0) is 48.0 Å². The first-order valence-electron chi connectivity index (χ1n) is 9.49. The molecule has 0 aliphatic carbocycles. The molecule has 0 aliphatic heterocycles. The molecular weight excluding hydrogens is 376 g/mol. The van der Waals surface area contributed by atoms with E-state index in [1.54, 1.807) is 24.4 Å². The van der Waals surface area contributed by atoms with E-state index in [2.05, 4.69) is 20.6 Å². The number of carbonyl (C=O) groups is 1. The van der Waals surface area contributed by atoms with Gasteiger partial charge in [-0.1, -0.05) is 48.5 Å².